The Morgan fingerprint density at radius 3 is 2.46 bits per heavy atom. The molecule has 6 atom stereocenters. The second-order valence-corrected chi connectivity index (χ2v) is 17.0. The van der Waals surface area contributed by atoms with Gasteiger partial charge >= 0.3 is 12.2 Å². The Morgan fingerprint density at radius 1 is 0.892 bits per heavy atom. The number of aliphatic imine (C=N–C) groups is 1. The van der Waals surface area contributed by atoms with E-state index in [9.17, 15) is 19.2 Å². The summed E-state index contributed by atoms with van der Waals surface area (Å²) in [5.74, 6) is 1.01. The molecular weight excluding hydrogens is 831 g/mol. The molecule has 16 heteroatoms. The van der Waals surface area contributed by atoms with Crippen molar-refractivity contribution in [3.63, 3.8) is 0 Å². The van der Waals surface area contributed by atoms with Gasteiger partial charge in [0.2, 0.25) is 11.8 Å². The molecule has 4 amide bonds. The first kappa shape index (κ1) is 43.5. The van der Waals surface area contributed by atoms with Crippen LogP contribution < -0.4 is 15.4 Å². The number of hydrogen-bond acceptors (Lipinski definition) is 11. The second-order valence-electron chi connectivity index (χ2n) is 17.0. The van der Waals surface area contributed by atoms with E-state index in [1.165, 1.54) is 21.3 Å². The quantitative estimate of drug-likeness (QED) is 0.120. The van der Waals surface area contributed by atoms with Crippen LogP contribution in [0.5, 0.6) is 5.75 Å². The van der Waals surface area contributed by atoms with Crippen LogP contribution in [0.25, 0.3) is 33.2 Å². The predicted octanol–water partition coefficient (Wildman–Crippen LogP) is 6.80. The Hall–Kier alpha value is -6.78. The fourth-order valence-electron chi connectivity index (χ4n) is 9.86. The van der Waals surface area contributed by atoms with E-state index in [1.54, 1.807) is 25.1 Å². The van der Waals surface area contributed by atoms with Crippen molar-refractivity contribution in [2.75, 3.05) is 48.1 Å². The van der Waals surface area contributed by atoms with Gasteiger partial charge in [-0.3, -0.25) is 14.6 Å². The molecule has 16 nitrogen and oxygen atoms in total. The number of imidazole rings is 1. The summed E-state index contributed by atoms with van der Waals surface area (Å²) in [5, 5.41) is 7.53. The van der Waals surface area contributed by atoms with E-state index < -0.39 is 30.4 Å². The number of amides is 4. The largest absolute Gasteiger partial charge is 0.488 e. The summed E-state index contributed by atoms with van der Waals surface area (Å²) < 4.78 is 27.1. The van der Waals surface area contributed by atoms with Crippen molar-refractivity contribution in [1.29, 1.82) is 0 Å². The number of fused-ring (bicyclic) bond motifs is 6. The maximum atomic E-state index is 14.2. The van der Waals surface area contributed by atoms with Gasteiger partial charge in [0.05, 0.1) is 56.6 Å². The van der Waals surface area contributed by atoms with Crippen LogP contribution >= 0.6 is 0 Å². The number of alkyl carbamates (subject to hydrolysis) is 2. The Morgan fingerprint density at radius 2 is 1.69 bits per heavy atom. The number of H-pyrrole nitrogens is 1. The molecule has 4 aliphatic heterocycles. The van der Waals surface area contributed by atoms with Gasteiger partial charge in [-0.1, -0.05) is 48.5 Å². The van der Waals surface area contributed by atoms with Crippen LogP contribution in [0.15, 0.2) is 84.0 Å². The molecule has 0 saturated carbocycles. The molecule has 1 aromatic heterocycles. The van der Waals surface area contributed by atoms with Crippen LogP contribution in [0.1, 0.15) is 60.8 Å². The van der Waals surface area contributed by atoms with Gasteiger partial charge in [-0.15, -0.1) is 0 Å². The summed E-state index contributed by atoms with van der Waals surface area (Å²) >= 11 is 0. The summed E-state index contributed by atoms with van der Waals surface area (Å²) in [5.41, 5.74) is 8.44. The number of nitrogens with one attached hydrogen (secondary N) is 3. The van der Waals surface area contributed by atoms with Crippen molar-refractivity contribution in [3.05, 3.63) is 102 Å². The van der Waals surface area contributed by atoms with Crippen molar-refractivity contribution in [1.82, 2.24) is 30.4 Å². The van der Waals surface area contributed by atoms with Gasteiger partial charge in [0, 0.05) is 50.9 Å². The number of carbonyl (C=O) groups is 4. The van der Waals surface area contributed by atoms with Gasteiger partial charge in [-0.05, 0) is 89.0 Å². The fourth-order valence-corrected chi connectivity index (χ4v) is 9.86. The summed E-state index contributed by atoms with van der Waals surface area (Å²) in [6.07, 6.45) is 2.64. The minimum Gasteiger partial charge on any atom is -0.488 e. The minimum absolute atomic E-state index is 0.0663. The normalized spacial score (nSPS) is 19.9. The molecule has 4 aliphatic rings. The van der Waals surface area contributed by atoms with Gasteiger partial charge < -0.3 is 49.1 Å². The Kier molecular flexibility index (Phi) is 12.3. The lowest BCUT2D eigenvalue weighted by Crippen LogP contribution is -2.54. The highest BCUT2D eigenvalue weighted by Gasteiger charge is 2.43. The van der Waals surface area contributed by atoms with Crippen molar-refractivity contribution < 1.29 is 42.9 Å². The number of carbonyl (C=O) groups excluding carboxylic acids is 4. The van der Waals surface area contributed by atoms with Crippen molar-refractivity contribution in [2.24, 2.45) is 10.9 Å². The third-order valence-corrected chi connectivity index (χ3v) is 13.2. The number of rotatable bonds is 12. The summed E-state index contributed by atoms with van der Waals surface area (Å²) in [6.45, 7) is 3.57. The molecule has 3 N–H and O–H groups in total. The zero-order chi connectivity index (χ0) is 45.4. The monoisotopic (exact) mass is 883 g/mol. The number of aromatic nitrogens is 2. The lowest BCUT2D eigenvalue weighted by molar-refractivity contribution is -0.138. The van der Waals surface area contributed by atoms with Crippen LogP contribution in [0.4, 0.5) is 15.3 Å². The van der Waals surface area contributed by atoms with E-state index in [1.807, 2.05) is 35.2 Å². The summed E-state index contributed by atoms with van der Waals surface area (Å²) in [7, 11) is 5.68. The topological polar surface area (TPSA) is 186 Å². The number of benzene rings is 4. The zero-order valence-electron chi connectivity index (χ0n) is 37.1. The smallest absolute Gasteiger partial charge is 0.407 e. The number of methoxy groups -OCH3 is 4. The lowest BCUT2D eigenvalue weighted by atomic mass is 9.90. The van der Waals surface area contributed by atoms with E-state index in [-0.39, 0.29) is 29.8 Å². The van der Waals surface area contributed by atoms with Gasteiger partial charge in [0.15, 0.2) is 0 Å². The Balaban J connectivity index is 0.937. The molecule has 1 unspecified atom stereocenters. The highest BCUT2D eigenvalue weighted by atomic mass is 16.5. The average Bonchev–Trinajstić information content (AvgIpc) is 4.18. The van der Waals surface area contributed by atoms with Gasteiger partial charge in [0.25, 0.3) is 0 Å². The molecule has 9 rings (SSSR count). The molecule has 65 heavy (non-hydrogen) atoms. The number of aromatic amines is 1. The first-order valence-corrected chi connectivity index (χ1v) is 21.9. The molecule has 0 bridgehead atoms. The van der Waals surface area contributed by atoms with Gasteiger partial charge in [-0.25, -0.2) is 14.6 Å². The number of likely N-dealkylation sites (tertiary alicyclic amines) is 2. The average molecular weight is 884 g/mol. The van der Waals surface area contributed by atoms with Crippen molar-refractivity contribution in [3.8, 4) is 28.1 Å². The fraction of sp³-hybridized carbons (Fsp3) is 0.388. The third kappa shape index (κ3) is 8.39. The van der Waals surface area contributed by atoms with E-state index in [0.717, 1.165) is 74.3 Å². The van der Waals surface area contributed by atoms with E-state index >= 15 is 0 Å². The first-order valence-electron chi connectivity index (χ1n) is 21.9. The second kappa shape index (κ2) is 18.4. The molecule has 0 radical (unpaired) electrons. The Bertz CT molecular complexity index is 2670. The van der Waals surface area contributed by atoms with E-state index in [4.69, 9.17) is 33.7 Å². The van der Waals surface area contributed by atoms with Crippen LogP contribution in [0.2, 0.25) is 0 Å². The lowest BCUT2D eigenvalue weighted by Gasteiger charge is -2.30. The maximum Gasteiger partial charge on any atom is 0.407 e. The van der Waals surface area contributed by atoms with Crippen molar-refractivity contribution in [2.45, 2.75) is 69.5 Å². The molecule has 2 saturated heterocycles. The number of hydrogen-bond donors (Lipinski definition) is 3. The van der Waals surface area contributed by atoms with Crippen molar-refractivity contribution >= 4 is 46.2 Å². The molecule has 4 aromatic carbocycles. The van der Waals surface area contributed by atoms with Gasteiger partial charge in [-0.2, -0.15) is 0 Å². The summed E-state index contributed by atoms with van der Waals surface area (Å²) in [4.78, 5) is 69.8. The zero-order valence-corrected chi connectivity index (χ0v) is 37.1. The highest BCUT2D eigenvalue weighted by Crippen LogP contribution is 2.45. The van der Waals surface area contributed by atoms with E-state index in [2.05, 4.69) is 58.1 Å². The molecule has 2 fully saturated rings. The number of ether oxygens (including phenoxy) is 5. The summed E-state index contributed by atoms with van der Waals surface area (Å²) in [6, 6.07) is 21.5. The molecule has 5 aromatic rings. The van der Waals surface area contributed by atoms with Gasteiger partial charge in [0.1, 0.15) is 30.3 Å². The first-order chi connectivity index (χ1) is 31.6. The standard InChI is InChI=1S/C49H53N7O9/c1-27(62-3)43(53-48(59)63-4)46(57)56-24-28(25-61-2)18-41(56)45-50-23-39(52-45)31-13-15-33-32(19-31)26-65-42-22-34-30(20-36(33)42)14-16-37-35(34)21-38(51-37)40-12-9-17-55(40)47(58)44(54-49(60)64-5)29-10-7-6-8-11-29/h6-8,10-11,13-16,19-20,22-23,27-28,40-41,43-44H,9,12,17-18,21,24-26H2,1-5H3,(H,50,52)(H,53,59)(H,54,60)/t27-,28+,40+,41+,43?,44-/m1/s1. The van der Waals surface area contributed by atoms with Crippen LogP contribution in [-0.2, 0) is 41.6 Å². The third-order valence-electron chi connectivity index (χ3n) is 13.2. The Labute approximate surface area is 376 Å². The van der Waals surface area contributed by atoms with Crippen LogP contribution in [0, 0.1) is 5.92 Å². The molecule has 5 heterocycles. The van der Waals surface area contributed by atoms with Crippen LogP contribution in [0.3, 0.4) is 0 Å². The molecule has 0 aliphatic carbocycles. The number of nitrogens with zero attached hydrogens (tertiary/aromatic N) is 4. The predicted molar refractivity (Wildman–Crippen MR) is 242 cm³/mol. The van der Waals surface area contributed by atoms with Crippen LogP contribution in [-0.4, -0.2) is 116 Å². The highest BCUT2D eigenvalue weighted by molar-refractivity contribution is 6.06. The van der Waals surface area contributed by atoms with E-state index in [0.29, 0.717) is 50.5 Å². The molecule has 338 valence electrons. The molecular formula is C49H53N7O9. The maximum absolute atomic E-state index is 14.2. The molecule has 0 spiro atoms. The SMILES string of the molecule is COC[C@H]1C[C@@H](c2ncc(-c3ccc4c(c3)COc3cc5c6c(ccc5cc3-4)N=C([C@@H]3CCCN3C(=O)[C@H](NC(=O)OC)c3ccccc3)C6)[nH]2)N(C(=O)C(NC(=O)OC)[C@@H](C)OC)C1. The minimum atomic E-state index is -0.962.